The summed E-state index contributed by atoms with van der Waals surface area (Å²) in [7, 11) is 0. The third-order valence-electron chi connectivity index (χ3n) is 5.85. The monoisotopic (exact) mass is 458 g/mol. The second kappa shape index (κ2) is 11.6. The van der Waals surface area contributed by atoms with Crippen LogP contribution in [0.2, 0.25) is 5.02 Å². The molecule has 6 heteroatoms. The summed E-state index contributed by atoms with van der Waals surface area (Å²) >= 11 is 7.61. The van der Waals surface area contributed by atoms with Crippen LogP contribution in [0, 0.1) is 6.92 Å². The van der Waals surface area contributed by atoms with E-state index in [9.17, 15) is 9.59 Å². The quantitative estimate of drug-likeness (QED) is 0.550. The van der Waals surface area contributed by atoms with Gasteiger partial charge in [0.2, 0.25) is 11.8 Å². The number of carbonyl (C=O) groups excluding carboxylic acids is 2. The average Bonchev–Trinajstić information content (AvgIpc) is 3.25. The number of benzene rings is 2. The number of hydrogen-bond donors (Lipinski definition) is 1. The Morgan fingerprint density at radius 3 is 2.61 bits per heavy atom. The Balaban J connectivity index is 1.66. The first-order valence-electron chi connectivity index (χ1n) is 10.9. The normalized spacial score (nSPS) is 14.9. The molecular weight excluding hydrogens is 428 g/mol. The molecule has 1 aliphatic carbocycles. The van der Waals surface area contributed by atoms with Crippen molar-refractivity contribution in [1.29, 1.82) is 0 Å². The van der Waals surface area contributed by atoms with Gasteiger partial charge in [0.15, 0.2) is 0 Å². The minimum Gasteiger partial charge on any atom is -0.352 e. The summed E-state index contributed by atoms with van der Waals surface area (Å²) in [5.41, 5.74) is 3.27. The number of nitrogens with zero attached hydrogens (tertiary/aromatic N) is 1. The van der Waals surface area contributed by atoms with E-state index in [1.54, 1.807) is 16.7 Å². The van der Waals surface area contributed by atoms with Crippen molar-refractivity contribution in [3.05, 3.63) is 70.2 Å². The van der Waals surface area contributed by atoms with Crippen LogP contribution < -0.4 is 5.32 Å². The van der Waals surface area contributed by atoms with Crippen LogP contribution >= 0.6 is 23.4 Å². The van der Waals surface area contributed by atoms with Gasteiger partial charge in [0.1, 0.15) is 6.04 Å². The third-order valence-corrected chi connectivity index (χ3v) is 7.08. The third kappa shape index (κ3) is 7.01. The number of halogens is 1. The van der Waals surface area contributed by atoms with Gasteiger partial charge in [0.25, 0.3) is 0 Å². The van der Waals surface area contributed by atoms with Crippen molar-refractivity contribution in [3.63, 3.8) is 0 Å². The topological polar surface area (TPSA) is 49.4 Å². The van der Waals surface area contributed by atoms with Gasteiger partial charge in [-0.3, -0.25) is 9.59 Å². The molecule has 1 saturated carbocycles. The molecule has 2 aromatic carbocycles. The Labute approximate surface area is 194 Å². The van der Waals surface area contributed by atoms with Crippen LogP contribution in [0.25, 0.3) is 0 Å². The molecule has 0 aliphatic heterocycles. The van der Waals surface area contributed by atoms with Gasteiger partial charge in [-0.05, 0) is 55.5 Å². The van der Waals surface area contributed by atoms with Gasteiger partial charge in [-0.2, -0.15) is 0 Å². The van der Waals surface area contributed by atoms with Crippen molar-refractivity contribution in [3.8, 4) is 0 Å². The highest BCUT2D eigenvalue weighted by molar-refractivity contribution is 7.99. The highest BCUT2D eigenvalue weighted by atomic mass is 35.5. The summed E-state index contributed by atoms with van der Waals surface area (Å²) in [5.74, 6) is 0.935. The molecular formula is C25H31ClN2O2S. The minimum absolute atomic E-state index is 0.0237. The molecule has 1 atom stereocenters. The number of thioether (sulfide) groups is 1. The first kappa shape index (κ1) is 23.7. The lowest BCUT2D eigenvalue weighted by molar-refractivity contribution is -0.139. The van der Waals surface area contributed by atoms with Crippen LogP contribution in [-0.4, -0.2) is 34.6 Å². The number of carbonyl (C=O) groups is 2. The zero-order valence-electron chi connectivity index (χ0n) is 18.3. The van der Waals surface area contributed by atoms with E-state index in [0.717, 1.165) is 42.4 Å². The molecule has 0 bridgehead atoms. The number of rotatable bonds is 9. The van der Waals surface area contributed by atoms with Crippen LogP contribution in [-0.2, 0) is 21.9 Å². The molecule has 31 heavy (non-hydrogen) atoms. The fraction of sp³-hybridized carbons (Fsp3) is 0.440. The molecule has 0 aromatic heterocycles. The second-order valence-electron chi connectivity index (χ2n) is 8.24. The standard InChI is InChI=1S/C25H31ClN2O2S/c1-18-8-3-4-10-21(18)15-28(19(2)25(30)27-23-12-5-6-13-23)24(29)17-31-16-20-9-7-11-22(26)14-20/h3-4,7-11,14,19,23H,5-6,12-13,15-17H2,1-2H3,(H,27,30)/t19-/m1/s1. The molecule has 2 amide bonds. The molecule has 166 valence electrons. The van der Waals surface area contributed by atoms with Crippen molar-refractivity contribution >= 4 is 35.2 Å². The van der Waals surface area contributed by atoms with Crippen molar-refractivity contribution in [2.45, 2.75) is 63.9 Å². The van der Waals surface area contributed by atoms with E-state index in [1.165, 1.54) is 0 Å². The van der Waals surface area contributed by atoms with Crippen LogP contribution in [0.3, 0.4) is 0 Å². The largest absolute Gasteiger partial charge is 0.352 e. The smallest absolute Gasteiger partial charge is 0.242 e. The molecule has 0 saturated heterocycles. The van der Waals surface area contributed by atoms with Gasteiger partial charge in [0.05, 0.1) is 5.75 Å². The number of aryl methyl sites for hydroxylation is 1. The molecule has 0 unspecified atom stereocenters. The minimum atomic E-state index is -0.514. The molecule has 3 rings (SSSR count). The van der Waals surface area contributed by atoms with Gasteiger partial charge in [-0.15, -0.1) is 11.8 Å². The maximum absolute atomic E-state index is 13.2. The Bertz CT molecular complexity index is 899. The molecule has 0 heterocycles. The Hall–Kier alpha value is -1.98. The fourth-order valence-electron chi connectivity index (χ4n) is 3.91. The van der Waals surface area contributed by atoms with E-state index in [2.05, 4.69) is 5.32 Å². The van der Waals surface area contributed by atoms with Gasteiger partial charge < -0.3 is 10.2 Å². The van der Waals surface area contributed by atoms with E-state index in [-0.39, 0.29) is 17.9 Å². The van der Waals surface area contributed by atoms with E-state index >= 15 is 0 Å². The van der Waals surface area contributed by atoms with Crippen molar-refractivity contribution < 1.29 is 9.59 Å². The zero-order valence-corrected chi connectivity index (χ0v) is 19.8. The summed E-state index contributed by atoms with van der Waals surface area (Å²) in [6.07, 6.45) is 4.37. The summed E-state index contributed by atoms with van der Waals surface area (Å²) in [6.45, 7) is 4.31. The first-order chi connectivity index (χ1) is 14.9. The molecule has 1 fully saturated rings. The Kier molecular flexibility index (Phi) is 8.85. The Morgan fingerprint density at radius 2 is 1.90 bits per heavy atom. The van der Waals surface area contributed by atoms with Crippen molar-refractivity contribution in [2.75, 3.05) is 5.75 Å². The molecule has 1 N–H and O–H groups in total. The van der Waals surface area contributed by atoms with E-state index < -0.39 is 6.04 Å². The lowest BCUT2D eigenvalue weighted by Crippen LogP contribution is -2.50. The maximum Gasteiger partial charge on any atom is 0.242 e. The first-order valence-corrected chi connectivity index (χ1v) is 12.4. The Morgan fingerprint density at radius 1 is 1.16 bits per heavy atom. The SMILES string of the molecule is Cc1ccccc1CN(C(=O)CSCc1cccc(Cl)c1)[C@H](C)C(=O)NC1CCCC1. The van der Waals surface area contributed by atoms with Crippen molar-refractivity contribution in [2.24, 2.45) is 0 Å². The lowest BCUT2D eigenvalue weighted by atomic mass is 10.1. The fourth-order valence-corrected chi connectivity index (χ4v) is 4.98. The number of nitrogens with one attached hydrogen (secondary N) is 1. The molecule has 4 nitrogen and oxygen atoms in total. The van der Waals surface area contributed by atoms with Crippen molar-refractivity contribution in [1.82, 2.24) is 10.2 Å². The van der Waals surface area contributed by atoms with Gasteiger partial charge in [0, 0.05) is 23.4 Å². The predicted molar refractivity (Wildman–Crippen MR) is 129 cm³/mol. The van der Waals surface area contributed by atoms with Crippen LogP contribution in [0.5, 0.6) is 0 Å². The molecule has 2 aromatic rings. The average molecular weight is 459 g/mol. The van der Waals surface area contributed by atoms with E-state index in [1.807, 2.05) is 62.4 Å². The summed E-state index contributed by atoms with van der Waals surface area (Å²) in [4.78, 5) is 27.8. The zero-order chi connectivity index (χ0) is 22.2. The summed E-state index contributed by atoms with van der Waals surface area (Å²) in [5, 5.41) is 3.85. The van der Waals surface area contributed by atoms with Gasteiger partial charge in [-0.1, -0.05) is 60.8 Å². The van der Waals surface area contributed by atoms with Gasteiger partial charge >= 0.3 is 0 Å². The molecule has 0 radical (unpaired) electrons. The lowest BCUT2D eigenvalue weighted by Gasteiger charge is -2.30. The van der Waals surface area contributed by atoms with Crippen LogP contribution in [0.4, 0.5) is 0 Å². The van der Waals surface area contributed by atoms with Crippen LogP contribution in [0.15, 0.2) is 48.5 Å². The maximum atomic E-state index is 13.2. The number of hydrogen-bond acceptors (Lipinski definition) is 3. The number of amides is 2. The molecule has 1 aliphatic rings. The summed E-state index contributed by atoms with van der Waals surface area (Å²) in [6, 6.07) is 15.4. The van der Waals surface area contributed by atoms with Crippen LogP contribution in [0.1, 0.15) is 49.3 Å². The summed E-state index contributed by atoms with van der Waals surface area (Å²) < 4.78 is 0. The van der Waals surface area contributed by atoms with E-state index in [0.29, 0.717) is 23.1 Å². The highest BCUT2D eigenvalue weighted by Gasteiger charge is 2.28. The highest BCUT2D eigenvalue weighted by Crippen LogP contribution is 2.21. The van der Waals surface area contributed by atoms with Gasteiger partial charge in [-0.25, -0.2) is 0 Å². The second-order valence-corrected chi connectivity index (χ2v) is 9.66. The molecule has 0 spiro atoms. The van der Waals surface area contributed by atoms with E-state index in [4.69, 9.17) is 11.6 Å². The predicted octanol–water partition coefficient (Wildman–Crippen LogP) is 5.36.